The van der Waals surface area contributed by atoms with Crippen LogP contribution in [-0.4, -0.2) is 10.2 Å². The summed E-state index contributed by atoms with van der Waals surface area (Å²) in [5, 5.41) is 2.95. The summed E-state index contributed by atoms with van der Waals surface area (Å²) in [4.78, 5) is 11.8. The Labute approximate surface area is 112 Å². The third-order valence-electron chi connectivity index (χ3n) is 2.81. The van der Waals surface area contributed by atoms with E-state index in [9.17, 15) is 4.79 Å². The van der Waals surface area contributed by atoms with Crippen LogP contribution in [0.3, 0.4) is 0 Å². The normalized spacial score (nSPS) is 11.4. The fraction of sp³-hybridized carbons (Fsp3) is 0.500. The predicted octanol–water partition coefficient (Wildman–Crippen LogP) is 3.40. The Morgan fingerprint density at radius 3 is 2.12 bits per heavy atom. The zero-order valence-electron chi connectivity index (χ0n) is 11.1. The zero-order valence-corrected chi connectivity index (χ0v) is 12.7. The van der Waals surface area contributed by atoms with Crippen molar-refractivity contribution < 1.29 is 4.79 Å². The van der Waals surface area contributed by atoms with E-state index in [4.69, 9.17) is 0 Å². The largest absolute Gasteiger partial charge is 0.351 e. The number of carbonyl (C=O) groups is 1. The summed E-state index contributed by atoms with van der Waals surface area (Å²) in [6.07, 6.45) is 0. The first-order valence-electron chi connectivity index (χ1n) is 5.75. The summed E-state index contributed by atoms with van der Waals surface area (Å²) in [7, 11) is 0. The monoisotopic (exact) mass is 297 g/mol. The van der Waals surface area contributed by atoms with E-state index >= 15 is 0 Å². The van der Waals surface area contributed by atoms with Gasteiger partial charge in [0, 0.05) is 6.54 Å². The fourth-order valence-corrected chi connectivity index (χ4v) is 2.01. The van der Waals surface area contributed by atoms with Crippen LogP contribution in [0, 0.1) is 20.8 Å². The number of aryl methyl sites for hydroxylation is 3. The lowest BCUT2D eigenvalue weighted by atomic mass is 9.99. The van der Waals surface area contributed by atoms with E-state index in [0.29, 0.717) is 6.54 Å². The van der Waals surface area contributed by atoms with Gasteiger partial charge in [-0.2, -0.15) is 0 Å². The Kier molecular flexibility index (Phi) is 4.36. The lowest BCUT2D eigenvalue weighted by Crippen LogP contribution is -2.37. The van der Waals surface area contributed by atoms with Gasteiger partial charge in [-0.1, -0.05) is 33.6 Å². The molecule has 1 aromatic rings. The average molecular weight is 298 g/mol. The van der Waals surface area contributed by atoms with Crippen molar-refractivity contribution in [1.29, 1.82) is 0 Å². The van der Waals surface area contributed by atoms with Crippen molar-refractivity contribution in [2.45, 2.75) is 45.5 Å². The van der Waals surface area contributed by atoms with Gasteiger partial charge in [-0.15, -0.1) is 0 Å². The van der Waals surface area contributed by atoms with Crippen molar-refractivity contribution in [2.24, 2.45) is 0 Å². The van der Waals surface area contributed by atoms with Gasteiger partial charge in [0.15, 0.2) is 0 Å². The molecule has 0 aliphatic rings. The quantitative estimate of drug-likeness (QED) is 0.851. The molecule has 0 radical (unpaired) electrons. The third-order valence-corrected chi connectivity index (χ3v) is 3.17. The van der Waals surface area contributed by atoms with Gasteiger partial charge >= 0.3 is 0 Å². The molecule has 1 rings (SSSR count). The van der Waals surface area contributed by atoms with Crippen LogP contribution in [0.5, 0.6) is 0 Å². The number of alkyl halides is 1. The second-order valence-electron chi connectivity index (χ2n) is 5.03. The molecule has 0 saturated carbocycles. The highest BCUT2D eigenvalue weighted by Crippen LogP contribution is 2.18. The molecule has 3 heteroatoms. The van der Waals surface area contributed by atoms with Gasteiger partial charge in [-0.25, -0.2) is 0 Å². The maximum atomic E-state index is 11.8. The highest BCUT2D eigenvalue weighted by Gasteiger charge is 2.23. The topological polar surface area (TPSA) is 29.1 Å². The van der Waals surface area contributed by atoms with E-state index < -0.39 is 4.32 Å². The van der Waals surface area contributed by atoms with Gasteiger partial charge in [0.05, 0.1) is 4.32 Å². The molecule has 17 heavy (non-hydrogen) atoms. The number of amides is 1. The number of carbonyl (C=O) groups excluding carboxylic acids is 1. The average Bonchev–Trinajstić information content (AvgIpc) is 2.13. The van der Waals surface area contributed by atoms with Gasteiger partial charge in [-0.3, -0.25) is 4.79 Å². The molecule has 0 spiro atoms. The van der Waals surface area contributed by atoms with Crippen LogP contribution in [0.2, 0.25) is 0 Å². The summed E-state index contributed by atoms with van der Waals surface area (Å²) in [5.41, 5.74) is 4.93. The predicted molar refractivity (Wildman–Crippen MR) is 75.5 cm³/mol. The molecule has 94 valence electrons. The second kappa shape index (κ2) is 5.21. The maximum Gasteiger partial charge on any atom is 0.236 e. The maximum absolute atomic E-state index is 11.8. The molecule has 0 unspecified atom stereocenters. The fourth-order valence-electron chi connectivity index (χ4n) is 1.87. The van der Waals surface area contributed by atoms with Crippen molar-refractivity contribution in [3.05, 3.63) is 34.4 Å². The minimum Gasteiger partial charge on any atom is -0.351 e. The van der Waals surface area contributed by atoms with E-state index in [0.717, 1.165) is 0 Å². The summed E-state index contributed by atoms with van der Waals surface area (Å²) in [6, 6.07) is 4.29. The minimum absolute atomic E-state index is 0.0110. The molecule has 0 aliphatic carbocycles. The number of rotatable bonds is 3. The SMILES string of the molecule is Cc1cc(C)c(CNC(=O)C(C)(C)Br)c(C)c1. The highest BCUT2D eigenvalue weighted by molar-refractivity contribution is 9.10. The number of benzene rings is 1. The molecule has 1 amide bonds. The smallest absolute Gasteiger partial charge is 0.236 e. The minimum atomic E-state index is -0.514. The van der Waals surface area contributed by atoms with Crippen molar-refractivity contribution >= 4 is 21.8 Å². The van der Waals surface area contributed by atoms with E-state index in [1.807, 2.05) is 13.8 Å². The molecule has 0 aliphatic heterocycles. The van der Waals surface area contributed by atoms with E-state index in [1.165, 1.54) is 22.3 Å². The molecule has 0 heterocycles. The first kappa shape index (κ1) is 14.2. The molecule has 0 fully saturated rings. The van der Waals surface area contributed by atoms with Crippen molar-refractivity contribution in [1.82, 2.24) is 5.32 Å². The molecule has 2 nitrogen and oxygen atoms in total. The standard InChI is InChI=1S/C14H20BrNO/c1-9-6-10(2)12(11(3)7-9)8-16-13(17)14(4,5)15/h6-7H,8H2,1-5H3,(H,16,17). The Morgan fingerprint density at radius 2 is 1.71 bits per heavy atom. The van der Waals surface area contributed by atoms with Crippen LogP contribution in [0.15, 0.2) is 12.1 Å². The van der Waals surface area contributed by atoms with Gasteiger partial charge in [0.1, 0.15) is 0 Å². The van der Waals surface area contributed by atoms with Crippen LogP contribution < -0.4 is 5.32 Å². The summed E-state index contributed by atoms with van der Waals surface area (Å²) >= 11 is 3.35. The van der Waals surface area contributed by atoms with Crippen molar-refractivity contribution in [2.75, 3.05) is 0 Å². The third kappa shape index (κ3) is 3.84. The van der Waals surface area contributed by atoms with Crippen molar-refractivity contribution in [3.8, 4) is 0 Å². The number of hydrogen-bond donors (Lipinski definition) is 1. The zero-order chi connectivity index (χ0) is 13.2. The molecular formula is C14H20BrNO. The Morgan fingerprint density at radius 1 is 1.24 bits per heavy atom. The first-order chi connectivity index (χ1) is 7.71. The highest BCUT2D eigenvalue weighted by atomic mass is 79.9. The van der Waals surface area contributed by atoms with Crippen LogP contribution in [-0.2, 0) is 11.3 Å². The second-order valence-corrected chi connectivity index (χ2v) is 7.01. The van der Waals surface area contributed by atoms with E-state index in [-0.39, 0.29) is 5.91 Å². The van der Waals surface area contributed by atoms with Crippen LogP contribution >= 0.6 is 15.9 Å². The van der Waals surface area contributed by atoms with Gasteiger partial charge in [0.25, 0.3) is 0 Å². The Bertz CT molecular complexity index is 409. The Hall–Kier alpha value is -0.830. The molecule has 0 atom stereocenters. The molecule has 0 aromatic heterocycles. The molecular weight excluding hydrogens is 278 g/mol. The van der Waals surface area contributed by atoms with Crippen LogP contribution in [0.4, 0.5) is 0 Å². The van der Waals surface area contributed by atoms with Crippen LogP contribution in [0.1, 0.15) is 36.1 Å². The van der Waals surface area contributed by atoms with E-state index in [2.05, 4.69) is 54.2 Å². The molecule has 1 aromatic carbocycles. The Balaban J connectivity index is 2.80. The summed E-state index contributed by atoms with van der Waals surface area (Å²) in [5.74, 6) is 0.0110. The first-order valence-corrected chi connectivity index (χ1v) is 6.55. The summed E-state index contributed by atoms with van der Waals surface area (Å²) < 4.78 is -0.514. The number of nitrogens with one attached hydrogen (secondary N) is 1. The van der Waals surface area contributed by atoms with Crippen LogP contribution in [0.25, 0.3) is 0 Å². The number of halogens is 1. The van der Waals surface area contributed by atoms with Gasteiger partial charge in [-0.05, 0) is 51.3 Å². The van der Waals surface area contributed by atoms with Crippen molar-refractivity contribution in [3.63, 3.8) is 0 Å². The molecule has 0 saturated heterocycles. The lowest BCUT2D eigenvalue weighted by Gasteiger charge is -2.18. The molecule has 0 bridgehead atoms. The number of hydrogen-bond acceptors (Lipinski definition) is 1. The lowest BCUT2D eigenvalue weighted by molar-refractivity contribution is -0.122. The summed E-state index contributed by atoms with van der Waals surface area (Å²) in [6.45, 7) is 10.5. The molecule has 1 N–H and O–H groups in total. The van der Waals surface area contributed by atoms with Gasteiger partial charge < -0.3 is 5.32 Å². The van der Waals surface area contributed by atoms with Gasteiger partial charge in [0.2, 0.25) is 5.91 Å². The van der Waals surface area contributed by atoms with E-state index in [1.54, 1.807) is 0 Å².